The molecule has 6 heteroatoms. The van der Waals surface area contributed by atoms with E-state index in [1.165, 1.54) is 0 Å². The quantitative estimate of drug-likeness (QED) is 0.556. The highest BCUT2D eigenvalue weighted by molar-refractivity contribution is 6.30. The van der Waals surface area contributed by atoms with Gasteiger partial charge >= 0.3 is 0 Å². The van der Waals surface area contributed by atoms with E-state index in [-0.39, 0.29) is 17.7 Å². The lowest BCUT2D eigenvalue weighted by molar-refractivity contribution is -0.131. The van der Waals surface area contributed by atoms with Gasteiger partial charge in [0.25, 0.3) is 5.91 Å². The number of rotatable bonds is 7. The topological polar surface area (TPSA) is 52.7 Å². The van der Waals surface area contributed by atoms with Crippen molar-refractivity contribution in [1.29, 1.82) is 0 Å². The van der Waals surface area contributed by atoms with E-state index < -0.39 is 6.04 Å². The predicted octanol–water partition coefficient (Wildman–Crippen LogP) is 5.62. The van der Waals surface area contributed by atoms with Crippen molar-refractivity contribution >= 4 is 29.1 Å². The molecule has 0 bridgehead atoms. The zero-order chi connectivity index (χ0) is 24.9. The molecule has 1 fully saturated rings. The van der Waals surface area contributed by atoms with Crippen LogP contribution in [0.1, 0.15) is 57.2 Å². The molecule has 0 spiro atoms. The molecule has 2 aromatic carbocycles. The van der Waals surface area contributed by atoms with Crippen LogP contribution in [0.5, 0.6) is 0 Å². The van der Waals surface area contributed by atoms with Gasteiger partial charge in [-0.25, -0.2) is 0 Å². The highest BCUT2D eigenvalue weighted by atomic mass is 35.5. The average molecular weight is 484 g/mol. The molecule has 2 aromatic rings. The molecule has 34 heavy (non-hydrogen) atoms. The van der Waals surface area contributed by atoms with Crippen molar-refractivity contribution in [3.63, 3.8) is 0 Å². The second-order valence-corrected chi connectivity index (χ2v) is 11.0. The lowest BCUT2D eigenvalue weighted by atomic mass is 9.90. The number of carbonyl (C=O) groups excluding carboxylic acids is 2. The van der Waals surface area contributed by atoms with E-state index in [4.69, 9.17) is 11.6 Å². The van der Waals surface area contributed by atoms with E-state index in [1.54, 1.807) is 24.1 Å². The molecular formula is C28H38ClN3O2. The van der Waals surface area contributed by atoms with E-state index >= 15 is 0 Å². The summed E-state index contributed by atoms with van der Waals surface area (Å²) in [6.45, 7) is 11.7. The Labute approximate surface area is 209 Å². The fraction of sp³-hybridized carbons (Fsp3) is 0.500. The van der Waals surface area contributed by atoms with Gasteiger partial charge in [0, 0.05) is 23.7 Å². The maximum absolute atomic E-state index is 13.6. The number of piperidine rings is 1. The maximum Gasteiger partial charge on any atom is 0.253 e. The van der Waals surface area contributed by atoms with Crippen molar-refractivity contribution < 1.29 is 9.59 Å². The number of hydrogen-bond donors (Lipinski definition) is 1. The molecule has 1 aliphatic heterocycles. The van der Waals surface area contributed by atoms with Crippen LogP contribution in [0.15, 0.2) is 48.5 Å². The smallest absolute Gasteiger partial charge is 0.253 e. The molecule has 0 saturated carbocycles. The molecular weight excluding hydrogens is 446 g/mol. The number of carbonyl (C=O) groups is 2. The first-order valence-corrected chi connectivity index (χ1v) is 12.5. The minimum absolute atomic E-state index is 0.0402. The first-order valence-electron chi connectivity index (χ1n) is 12.2. The zero-order valence-corrected chi connectivity index (χ0v) is 21.9. The molecule has 5 nitrogen and oxygen atoms in total. The maximum atomic E-state index is 13.6. The molecule has 1 heterocycles. The van der Waals surface area contributed by atoms with Gasteiger partial charge in [-0.2, -0.15) is 0 Å². The highest BCUT2D eigenvalue weighted by Crippen LogP contribution is 2.26. The Kier molecular flexibility index (Phi) is 8.78. The van der Waals surface area contributed by atoms with Gasteiger partial charge < -0.3 is 15.1 Å². The highest BCUT2D eigenvalue weighted by Gasteiger charge is 2.32. The number of amides is 2. The summed E-state index contributed by atoms with van der Waals surface area (Å²) in [6, 6.07) is 14.1. The van der Waals surface area contributed by atoms with Crippen molar-refractivity contribution in [2.24, 2.45) is 11.3 Å². The van der Waals surface area contributed by atoms with Crippen molar-refractivity contribution in [1.82, 2.24) is 10.2 Å². The van der Waals surface area contributed by atoms with Gasteiger partial charge in [0.2, 0.25) is 5.91 Å². The van der Waals surface area contributed by atoms with Crippen LogP contribution in [0.4, 0.5) is 5.69 Å². The van der Waals surface area contributed by atoms with E-state index in [0.29, 0.717) is 10.4 Å². The van der Waals surface area contributed by atoms with Gasteiger partial charge in [-0.1, -0.05) is 56.6 Å². The average Bonchev–Trinajstić information content (AvgIpc) is 2.81. The van der Waals surface area contributed by atoms with Crippen molar-refractivity contribution in [2.45, 2.75) is 53.0 Å². The summed E-state index contributed by atoms with van der Waals surface area (Å²) >= 11 is 6.02. The second kappa shape index (κ2) is 11.4. The molecule has 3 rings (SSSR count). The van der Waals surface area contributed by atoms with Gasteiger partial charge in [0.1, 0.15) is 6.04 Å². The number of likely N-dealkylation sites (N-methyl/N-ethyl adjacent to an activating group) is 1. The molecule has 1 aliphatic rings. The lowest BCUT2D eigenvalue weighted by Gasteiger charge is -2.34. The molecule has 0 aliphatic carbocycles. The summed E-state index contributed by atoms with van der Waals surface area (Å²) in [5.74, 6) is -0.291. The number of benzene rings is 2. The van der Waals surface area contributed by atoms with Crippen LogP contribution in [0.25, 0.3) is 0 Å². The fourth-order valence-corrected chi connectivity index (χ4v) is 4.47. The minimum Gasteiger partial charge on any atom is -0.340 e. The van der Waals surface area contributed by atoms with Crippen LogP contribution < -0.4 is 10.2 Å². The molecule has 1 atom stereocenters. The molecule has 1 unspecified atom stereocenters. The van der Waals surface area contributed by atoms with Crippen LogP contribution in [0.2, 0.25) is 5.02 Å². The summed E-state index contributed by atoms with van der Waals surface area (Å²) in [6.07, 6.45) is 2.78. The standard InChI is InChI=1S/C28H38ClN3O2/c1-20-8-6-7-9-24(20)25(27(34)31(5)23-12-10-22(29)11-13-23)30-26(33)21-14-17-32(18-15-21)19-16-28(2,3)4/h6-13,21,25H,14-19H2,1-5H3,(H,30,33). The number of hydrogen-bond acceptors (Lipinski definition) is 3. The Morgan fingerprint density at radius 2 is 1.71 bits per heavy atom. The summed E-state index contributed by atoms with van der Waals surface area (Å²) in [4.78, 5) is 30.9. The Hall–Kier alpha value is -2.37. The molecule has 0 radical (unpaired) electrons. The number of halogens is 1. The minimum atomic E-state index is -0.742. The van der Waals surface area contributed by atoms with Crippen molar-refractivity contribution in [2.75, 3.05) is 31.6 Å². The van der Waals surface area contributed by atoms with Crippen molar-refractivity contribution in [3.8, 4) is 0 Å². The van der Waals surface area contributed by atoms with Gasteiger partial charge in [-0.3, -0.25) is 9.59 Å². The third kappa shape index (κ3) is 7.07. The van der Waals surface area contributed by atoms with Gasteiger partial charge in [0.05, 0.1) is 0 Å². The normalized spacial score (nSPS) is 16.2. The molecule has 1 N–H and O–H groups in total. The SMILES string of the molecule is Cc1ccccc1C(NC(=O)C1CCN(CCC(C)(C)C)CC1)C(=O)N(C)c1ccc(Cl)cc1. The van der Waals surface area contributed by atoms with Crippen LogP contribution in [-0.4, -0.2) is 43.4 Å². The van der Waals surface area contributed by atoms with Gasteiger partial charge in [-0.05, 0) is 86.6 Å². The lowest BCUT2D eigenvalue weighted by Crippen LogP contribution is -2.46. The largest absolute Gasteiger partial charge is 0.340 e. The first kappa shape index (κ1) is 26.2. The first-order chi connectivity index (χ1) is 16.0. The molecule has 0 aromatic heterocycles. The summed E-state index contributed by atoms with van der Waals surface area (Å²) < 4.78 is 0. The van der Waals surface area contributed by atoms with E-state index in [1.807, 2.05) is 43.3 Å². The Bertz CT molecular complexity index is 976. The monoisotopic (exact) mass is 483 g/mol. The summed E-state index contributed by atoms with van der Waals surface area (Å²) in [5.41, 5.74) is 2.84. The second-order valence-electron chi connectivity index (χ2n) is 10.6. The number of nitrogens with one attached hydrogen (secondary N) is 1. The van der Waals surface area contributed by atoms with Crippen molar-refractivity contribution in [3.05, 3.63) is 64.7 Å². The van der Waals surface area contributed by atoms with E-state index in [9.17, 15) is 9.59 Å². The van der Waals surface area contributed by atoms with Crippen LogP contribution in [0, 0.1) is 18.3 Å². The molecule has 1 saturated heterocycles. The van der Waals surface area contributed by atoms with E-state index in [2.05, 4.69) is 31.0 Å². The zero-order valence-electron chi connectivity index (χ0n) is 21.1. The number of anilines is 1. The number of aryl methyl sites for hydroxylation is 1. The van der Waals surface area contributed by atoms with E-state index in [0.717, 1.165) is 55.7 Å². The summed E-state index contributed by atoms with van der Waals surface area (Å²) in [5, 5.41) is 3.72. The molecule has 2 amide bonds. The molecule has 184 valence electrons. The van der Waals surface area contributed by atoms with Gasteiger partial charge in [-0.15, -0.1) is 0 Å². The predicted molar refractivity (Wildman–Crippen MR) is 140 cm³/mol. The summed E-state index contributed by atoms with van der Waals surface area (Å²) in [7, 11) is 1.73. The Morgan fingerprint density at radius 1 is 1.09 bits per heavy atom. The Morgan fingerprint density at radius 3 is 2.29 bits per heavy atom. The number of nitrogens with zero attached hydrogens (tertiary/aromatic N) is 2. The third-order valence-corrected chi connectivity index (χ3v) is 6.97. The fourth-order valence-electron chi connectivity index (χ4n) is 4.34. The van der Waals surface area contributed by atoms with Crippen LogP contribution in [-0.2, 0) is 9.59 Å². The Balaban J connectivity index is 1.71. The van der Waals surface area contributed by atoms with Crippen LogP contribution in [0.3, 0.4) is 0 Å². The van der Waals surface area contributed by atoms with Gasteiger partial charge in [0.15, 0.2) is 0 Å². The number of likely N-dealkylation sites (tertiary alicyclic amines) is 1. The van der Waals surface area contributed by atoms with Crippen LogP contribution >= 0.6 is 11.6 Å². The third-order valence-electron chi connectivity index (χ3n) is 6.71.